The van der Waals surface area contributed by atoms with Crippen LogP contribution in [-0.2, 0) is 4.79 Å². The van der Waals surface area contributed by atoms with Crippen molar-refractivity contribution in [3.8, 4) is 11.5 Å². The van der Waals surface area contributed by atoms with E-state index in [1.54, 1.807) is 0 Å². The molecule has 1 unspecified atom stereocenters. The number of carbonyl (C=O) groups is 1. The number of aliphatic hydroxyl groups is 1. The number of carboxylic acid groups (broad SMARTS) is 1. The molecule has 6 N–H and O–H groups in total. The molecule has 0 heterocycles. The fourth-order valence-corrected chi connectivity index (χ4v) is 1.20. The fourth-order valence-electron chi connectivity index (χ4n) is 1.20. The summed E-state index contributed by atoms with van der Waals surface area (Å²) in [4.78, 5) is 10.8. The summed E-state index contributed by atoms with van der Waals surface area (Å²) >= 11 is 0. The van der Waals surface area contributed by atoms with Gasteiger partial charge in [0.25, 0.3) is 0 Å². The van der Waals surface area contributed by atoms with Crippen molar-refractivity contribution in [2.45, 2.75) is 18.6 Å². The Morgan fingerprint density at radius 2 is 2.00 bits per heavy atom. The van der Waals surface area contributed by atoms with Crippen molar-refractivity contribution < 1.29 is 25.2 Å². The number of aliphatic hydroxyl groups excluding tert-OH is 1. The quantitative estimate of drug-likeness (QED) is 0.460. The van der Waals surface area contributed by atoms with Crippen molar-refractivity contribution in [3.63, 3.8) is 0 Å². The zero-order valence-corrected chi connectivity index (χ0v) is 8.58. The van der Waals surface area contributed by atoms with Gasteiger partial charge < -0.3 is 26.2 Å². The Hall–Kier alpha value is -1.79. The first-order valence-electron chi connectivity index (χ1n) is 4.49. The van der Waals surface area contributed by atoms with Crippen molar-refractivity contribution in [2.24, 2.45) is 5.73 Å². The largest absolute Gasteiger partial charge is 0.508 e. The predicted octanol–water partition coefficient (Wildman–Crippen LogP) is -0.0668. The molecule has 6 heteroatoms. The Morgan fingerprint density at radius 1 is 1.44 bits per heavy atom. The van der Waals surface area contributed by atoms with Gasteiger partial charge in [0.1, 0.15) is 23.1 Å². The first-order valence-corrected chi connectivity index (χ1v) is 4.49. The maximum Gasteiger partial charge on any atom is 0.326 e. The Bertz CT molecular complexity index is 416. The number of nitrogens with two attached hydrogens (primary N) is 1. The van der Waals surface area contributed by atoms with Gasteiger partial charge in [-0.25, -0.2) is 0 Å². The lowest BCUT2D eigenvalue weighted by atomic mass is 9.90. The molecule has 0 saturated heterocycles. The van der Waals surface area contributed by atoms with E-state index in [1.165, 1.54) is 6.07 Å². The highest BCUT2D eigenvalue weighted by molar-refractivity contribution is 5.79. The van der Waals surface area contributed by atoms with Crippen molar-refractivity contribution >= 4 is 5.97 Å². The zero-order chi connectivity index (χ0) is 12.5. The van der Waals surface area contributed by atoms with Gasteiger partial charge in [0.2, 0.25) is 0 Å². The van der Waals surface area contributed by atoms with Gasteiger partial charge >= 0.3 is 5.97 Å². The summed E-state index contributed by atoms with van der Waals surface area (Å²) in [5.74, 6) is -1.95. The van der Waals surface area contributed by atoms with Crippen molar-refractivity contribution in [1.82, 2.24) is 0 Å². The average molecular weight is 227 g/mol. The number of rotatable bonds is 3. The molecule has 1 aromatic carbocycles. The van der Waals surface area contributed by atoms with E-state index < -0.39 is 17.6 Å². The highest BCUT2D eigenvalue weighted by atomic mass is 16.4. The molecule has 2 atom stereocenters. The maximum absolute atomic E-state index is 10.8. The SMILES string of the molecule is C[C@@](N)(C(=O)O)C(O)c1cc(O)ccc1O. The minimum atomic E-state index is -1.95. The average Bonchev–Trinajstić information content (AvgIpc) is 2.20. The Balaban J connectivity index is 3.19. The van der Waals surface area contributed by atoms with Crippen LogP contribution in [0, 0.1) is 0 Å². The third-order valence-electron chi connectivity index (χ3n) is 2.33. The van der Waals surface area contributed by atoms with E-state index in [1.807, 2.05) is 0 Å². The van der Waals surface area contributed by atoms with Gasteiger partial charge in [-0.15, -0.1) is 0 Å². The normalized spacial score (nSPS) is 16.4. The van der Waals surface area contributed by atoms with Crippen LogP contribution in [0.15, 0.2) is 18.2 Å². The summed E-state index contributed by atoms with van der Waals surface area (Å²) < 4.78 is 0. The van der Waals surface area contributed by atoms with Crippen LogP contribution in [0.3, 0.4) is 0 Å². The van der Waals surface area contributed by atoms with Gasteiger partial charge in [0.15, 0.2) is 0 Å². The monoisotopic (exact) mass is 227 g/mol. The molecule has 0 bridgehead atoms. The van der Waals surface area contributed by atoms with Gasteiger partial charge in [-0.1, -0.05) is 0 Å². The Kier molecular flexibility index (Phi) is 3.06. The van der Waals surface area contributed by atoms with E-state index in [2.05, 4.69) is 0 Å². The van der Waals surface area contributed by atoms with E-state index in [0.29, 0.717) is 0 Å². The molecule has 16 heavy (non-hydrogen) atoms. The number of phenols is 2. The number of carboxylic acids is 1. The first-order chi connectivity index (χ1) is 7.26. The minimum Gasteiger partial charge on any atom is -0.508 e. The van der Waals surface area contributed by atoms with Crippen LogP contribution in [0.25, 0.3) is 0 Å². The van der Waals surface area contributed by atoms with Gasteiger partial charge in [-0.3, -0.25) is 4.79 Å². The molecule has 0 aromatic heterocycles. The van der Waals surface area contributed by atoms with Crippen LogP contribution in [0.4, 0.5) is 0 Å². The summed E-state index contributed by atoms with van der Waals surface area (Å²) in [5, 5.41) is 37.2. The molecule has 0 aliphatic heterocycles. The summed E-state index contributed by atoms with van der Waals surface area (Å²) in [6, 6.07) is 3.42. The molecule has 0 aliphatic rings. The Morgan fingerprint density at radius 3 is 2.50 bits per heavy atom. The summed E-state index contributed by atoms with van der Waals surface area (Å²) in [5.41, 5.74) is 3.33. The summed E-state index contributed by atoms with van der Waals surface area (Å²) in [6.07, 6.45) is -1.63. The lowest BCUT2D eigenvalue weighted by Gasteiger charge is -2.26. The third-order valence-corrected chi connectivity index (χ3v) is 2.33. The van der Waals surface area contributed by atoms with Crippen LogP contribution >= 0.6 is 0 Å². The van der Waals surface area contributed by atoms with E-state index >= 15 is 0 Å². The van der Waals surface area contributed by atoms with E-state index in [-0.39, 0.29) is 17.1 Å². The second-order valence-corrected chi connectivity index (χ2v) is 3.73. The maximum atomic E-state index is 10.8. The second kappa shape index (κ2) is 3.99. The standard InChI is InChI=1S/C10H13NO5/c1-10(11,9(15)16)8(14)6-4-5(12)2-3-7(6)13/h2-4,8,12-14H,11H2,1H3,(H,15,16)/t8?,10-/m0/s1. The van der Waals surface area contributed by atoms with Crippen molar-refractivity contribution in [2.75, 3.05) is 0 Å². The number of phenolic OH excluding ortho intramolecular Hbond substituents is 2. The number of benzene rings is 1. The number of aromatic hydroxyl groups is 2. The molecular weight excluding hydrogens is 214 g/mol. The molecular formula is C10H13NO5. The van der Waals surface area contributed by atoms with E-state index in [0.717, 1.165) is 19.1 Å². The van der Waals surface area contributed by atoms with E-state index in [9.17, 15) is 20.1 Å². The molecule has 88 valence electrons. The predicted molar refractivity (Wildman–Crippen MR) is 55.0 cm³/mol. The third kappa shape index (κ3) is 2.07. The summed E-state index contributed by atoms with van der Waals surface area (Å²) in [6.45, 7) is 1.11. The van der Waals surface area contributed by atoms with Gasteiger partial charge in [-0.05, 0) is 25.1 Å². The molecule has 1 rings (SSSR count). The number of hydrogen-bond donors (Lipinski definition) is 5. The fraction of sp³-hybridized carbons (Fsp3) is 0.300. The second-order valence-electron chi connectivity index (χ2n) is 3.73. The first kappa shape index (κ1) is 12.3. The highest BCUT2D eigenvalue weighted by Gasteiger charge is 2.38. The molecule has 0 radical (unpaired) electrons. The Labute approximate surface area is 91.6 Å². The minimum absolute atomic E-state index is 0.132. The molecule has 1 aromatic rings. The van der Waals surface area contributed by atoms with Gasteiger partial charge in [0, 0.05) is 5.56 Å². The topological polar surface area (TPSA) is 124 Å². The van der Waals surface area contributed by atoms with Crippen LogP contribution < -0.4 is 5.73 Å². The zero-order valence-electron chi connectivity index (χ0n) is 8.58. The van der Waals surface area contributed by atoms with Crippen LogP contribution in [0.5, 0.6) is 11.5 Å². The van der Waals surface area contributed by atoms with E-state index in [4.69, 9.17) is 10.8 Å². The molecule has 0 saturated carbocycles. The van der Waals surface area contributed by atoms with Gasteiger partial charge in [-0.2, -0.15) is 0 Å². The van der Waals surface area contributed by atoms with Crippen molar-refractivity contribution in [1.29, 1.82) is 0 Å². The lowest BCUT2D eigenvalue weighted by molar-refractivity contribution is -0.147. The molecule has 0 amide bonds. The number of hydrogen-bond acceptors (Lipinski definition) is 5. The highest BCUT2D eigenvalue weighted by Crippen LogP contribution is 2.33. The van der Waals surface area contributed by atoms with Crippen molar-refractivity contribution in [3.05, 3.63) is 23.8 Å². The van der Waals surface area contributed by atoms with Crippen LogP contribution in [0.2, 0.25) is 0 Å². The molecule has 0 spiro atoms. The molecule has 0 aliphatic carbocycles. The van der Waals surface area contributed by atoms with Crippen LogP contribution in [0.1, 0.15) is 18.6 Å². The van der Waals surface area contributed by atoms with Crippen LogP contribution in [-0.4, -0.2) is 31.9 Å². The molecule has 6 nitrogen and oxygen atoms in total. The molecule has 0 fully saturated rings. The summed E-state index contributed by atoms with van der Waals surface area (Å²) in [7, 11) is 0. The lowest BCUT2D eigenvalue weighted by Crippen LogP contribution is -2.50. The van der Waals surface area contributed by atoms with Gasteiger partial charge in [0.05, 0.1) is 0 Å². The number of aliphatic carboxylic acids is 1. The smallest absolute Gasteiger partial charge is 0.326 e.